The van der Waals surface area contributed by atoms with Crippen molar-refractivity contribution in [2.75, 3.05) is 13.7 Å². The molecule has 1 aliphatic heterocycles. The predicted molar refractivity (Wildman–Crippen MR) is 74.0 cm³/mol. The highest BCUT2D eigenvalue weighted by atomic mass is 16.5. The SMILES string of the molecule is C[C@H](NC(=O)N(C)C(C1CC1)C1CC1)[C@H]1CCCO1. The summed E-state index contributed by atoms with van der Waals surface area (Å²) in [5.41, 5.74) is 0. The maximum absolute atomic E-state index is 12.4. The van der Waals surface area contributed by atoms with Crippen molar-refractivity contribution in [2.45, 2.75) is 63.6 Å². The summed E-state index contributed by atoms with van der Waals surface area (Å²) in [6.45, 7) is 2.90. The van der Waals surface area contributed by atoms with Gasteiger partial charge in [0.2, 0.25) is 0 Å². The number of carbonyl (C=O) groups is 1. The standard InChI is InChI=1S/C15H26N2O2/c1-10(13-4-3-9-19-13)16-15(18)17(2)14(11-5-6-11)12-7-8-12/h10-14H,3-9H2,1-2H3,(H,16,18)/t10-,13+/m0/s1. The van der Waals surface area contributed by atoms with Crippen LogP contribution in [0.25, 0.3) is 0 Å². The summed E-state index contributed by atoms with van der Waals surface area (Å²) in [6, 6.07) is 0.694. The first kappa shape index (κ1) is 13.2. The molecule has 4 heteroatoms. The Labute approximate surface area is 115 Å². The lowest BCUT2D eigenvalue weighted by atomic mass is 10.1. The van der Waals surface area contributed by atoms with Crippen molar-refractivity contribution in [3.63, 3.8) is 0 Å². The maximum Gasteiger partial charge on any atom is 0.317 e. The van der Waals surface area contributed by atoms with Gasteiger partial charge in [-0.25, -0.2) is 4.79 Å². The summed E-state index contributed by atoms with van der Waals surface area (Å²) in [7, 11) is 1.97. The van der Waals surface area contributed by atoms with Crippen LogP contribution >= 0.6 is 0 Å². The van der Waals surface area contributed by atoms with E-state index in [0.29, 0.717) is 6.04 Å². The molecule has 1 heterocycles. The van der Waals surface area contributed by atoms with Gasteiger partial charge in [-0.15, -0.1) is 0 Å². The van der Waals surface area contributed by atoms with E-state index in [1.807, 2.05) is 11.9 Å². The van der Waals surface area contributed by atoms with Crippen LogP contribution in [0.2, 0.25) is 0 Å². The molecule has 2 amide bonds. The molecule has 0 radical (unpaired) electrons. The predicted octanol–water partition coefficient (Wildman–Crippen LogP) is 2.38. The molecular weight excluding hydrogens is 240 g/mol. The fourth-order valence-corrected chi connectivity index (χ4v) is 3.41. The number of nitrogens with one attached hydrogen (secondary N) is 1. The van der Waals surface area contributed by atoms with Gasteiger partial charge in [0, 0.05) is 19.7 Å². The van der Waals surface area contributed by atoms with Crippen LogP contribution in [0.15, 0.2) is 0 Å². The van der Waals surface area contributed by atoms with Gasteiger partial charge in [0.25, 0.3) is 0 Å². The molecule has 0 aromatic rings. The maximum atomic E-state index is 12.4. The Balaban J connectivity index is 1.53. The smallest absolute Gasteiger partial charge is 0.317 e. The van der Waals surface area contributed by atoms with Crippen LogP contribution in [0, 0.1) is 11.8 Å². The average Bonchev–Trinajstić information content (AvgIpc) is 3.32. The second kappa shape index (κ2) is 5.31. The van der Waals surface area contributed by atoms with Gasteiger partial charge in [0.05, 0.1) is 12.1 Å². The Bertz CT molecular complexity index is 321. The first-order valence-corrected chi connectivity index (χ1v) is 7.81. The van der Waals surface area contributed by atoms with Crippen LogP contribution in [0.4, 0.5) is 4.79 Å². The van der Waals surface area contributed by atoms with Crippen molar-refractivity contribution in [3.05, 3.63) is 0 Å². The van der Waals surface area contributed by atoms with E-state index in [2.05, 4.69) is 12.2 Å². The van der Waals surface area contributed by atoms with Gasteiger partial charge in [-0.1, -0.05) is 0 Å². The van der Waals surface area contributed by atoms with E-state index in [0.717, 1.165) is 31.3 Å². The fourth-order valence-electron chi connectivity index (χ4n) is 3.41. The number of carbonyl (C=O) groups excluding carboxylic acids is 1. The lowest BCUT2D eigenvalue weighted by molar-refractivity contribution is 0.0819. The number of amides is 2. The van der Waals surface area contributed by atoms with Crippen LogP contribution in [0.1, 0.15) is 45.4 Å². The van der Waals surface area contributed by atoms with Gasteiger partial charge < -0.3 is 15.0 Å². The zero-order valence-electron chi connectivity index (χ0n) is 12.1. The van der Waals surface area contributed by atoms with Crippen molar-refractivity contribution in [1.82, 2.24) is 10.2 Å². The second-order valence-corrected chi connectivity index (χ2v) is 6.57. The van der Waals surface area contributed by atoms with Gasteiger partial charge in [0.1, 0.15) is 0 Å². The molecule has 2 atom stereocenters. The number of ether oxygens (including phenoxy) is 1. The third-order valence-corrected chi connectivity index (χ3v) is 4.85. The van der Waals surface area contributed by atoms with Crippen molar-refractivity contribution in [1.29, 1.82) is 0 Å². The molecule has 1 N–H and O–H groups in total. The Kier molecular flexibility index (Phi) is 3.70. The topological polar surface area (TPSA) is 41.6 Å². The Morgan fingerprint density at radius 2 is 1.84 bits per heavy atom. The number of nitrogens with zero attached hydrogens (tertiary/aromatic N) is 1. The highest BCUT2D eigenvalue weighted by Gasteiger charge is 2.45. The zero-order chi connectivity index (χ0) is 13.4. The zero-order valence-corrected chi connectivity index (χ0v) is 12.1. The summed E-state index contributed by atoms with van der Waals surface area (Å²) in [6.07, 6.45) is 7.62. The molecule has 3 rings (SSSR count). The van der Waals surface area contributed by atoms with E-state index in [1.54, 1.807) is 0 Å². The number of urea groups is 1. The highest BCUT2D eigenvalue weighted by molar-refractivity contribution is 5.74. The normalized spacial score (nSPS) is 28.5. The van der Waals surface area contributed by atoms with E-state index in [1.165, 1.54) is 25.7 Å². The molecule has 4 nitrogen and oxygen atoms in total. The van der Waals surface area contributed by atoms with Gasteiger partial charge in [-0.05, 0) is 57.3 Å². The van der Waals surface area contributed by atoms with E-state index >= 15 is 0 Å². The van der Waals surface area contributed by atoms with Crippen LogP contribution in [0.5, 0.6) is 0 Å². The Morgan fingerprint density at radius 1 is 1.21 bits per heavy atom. The molecule has 3 aliphatic rings. The van der Waals surface area contributed by atoms with E-state index in [9.17, 15) is 4.79 Å². The molecule has 108 valence electrons. The minimum absolute atomic E-state index is 0.0896. The summed E-state index contributed by atoms with van der Waals surface area (Å²) < 4.78 is 5.64. The van der Waals surface area contributed by atoms with Crippen molar-refractivity contribution in [3.8, 4) is 0 Å². The van der Waals surface area contributed by atoms with Crippen molar-refractivity contribution < 1.29 is 9.53 Å². The molecule has 1 saturated heterocycles. The van der Waals surface area contributed by atoms with Crippen LogP contribution in [-0.2, 0) is 4.74 Å². The monoisotopic (exact) mass is 266 g/mol. The number of rotatable bonds is 5. The van der Waals surface area contributed by atoms with Gasteiger partial charge in [-0.2, -0.15) is 0 Å². The molecule has 0 aromatic carbocycles. The first-order valence-electron chi connectivity index (χ1n) is 7.81. The number of hydrogen-bond donors (Lipinski definition) is 1. The Hall–Kier alpha value is -0.770. The minimum Gasteiger partial charge on any atom is -0.376 e. The average molecular weight is 266 g/mol. The highest BCUT2D eigenvalue weighted by Crippen LogP contribution is 2.46. The molecule has 0 bridgehead atoms. The quantitative estimate of drug-likeness (QED) is 0.830. The minimum atomic E-state index is 0.0896. The van der Waals surface area contributed by atoms with E-state index in [-0.39, 0.29) is 18.2 Å². The van der Waals surface area contributed by atoms with Crippen LogP contribution in [-0.4, -0.2) is 42.8 Å². The molecule has 0 spiro atoms. The van der Waals surface area contributed by atoms with Crippen LogP contribution in [0.3, 0.4) is 0 Å². The second-order valence-electron chi connectivity index (χ2n) is 6.57. The third kappa shape index (κ3) is 3.04. The van der Waals surface area contributed by atoms with E-state index in [4.69, 9.17) is 4.74 Å². The lowest BCUT2D eigenvalue weighted by Crippen LogP contribution is -2.50. The molecule has 0 aromatic heterocycles. The van der Waals surface area contributed by atoms with Gasteiger partial charge in [-0.3, -0.25) is 0 Å². The third-order valence-electron chi connectivity index (χ3n) is 4.85. The fraction of sp³-hybridized carbons (Fsp3) is 0.933. The molecular formula is C15H26N2O2. The molecule has 2 aliphatic carbocycles. The summed E-state index contributed by atoms with van der Waals surface area (Å²) in [4.78, 5) is 14.3. The Morgan fingerprint density at radius 3 is 2.32 bits per heavy atom. The summed E-state index contributed by atoms with van der Waals surface area (Å²) >= 11 is 0. The summed E-state index contributed by atoms with van der Waals surface area (Å²) in [5, 5.41) is 3.13. The van der Waals surface area contributed by atoms with Crippen LogP contribution < -0.4 is 5.32 Å². The van der Waals surface area contributed by atoms with Gasteiger partial charge >= 0.3 is 6.03 Å². The van der Waals surface area contributed by atoms with Gasteiger partial charge in [0.15, 0.2) is 0 Å². The largest absolute Gasteiger partial charge is 0.376 e. The first-order chi connectivity index (χ1) is 9.16. The molecule has 0 unspecified atom stereocenters. The molecule has 3 fully saturated rings. The lowest BCUT2D eigenvalue weighted by Gasteiger charge is -2.31. The van der Waals surface area contributed by atoms with Crippen molar-refractivity contribution in [2.24, 2.45) is 11.8 Å². The molecule has 19 heavy (non-hydrogen) atoms. The number of hydrogen-bond acceptors (Lipinski definition) is 2. The van der Waals surface area contributed by atoms with E-state index < -0.39 is 0 Å². The molecule has 2 saturated carbocycles. The summed E-state index contributed by atoms with van der Waals surface area (Å²) in [5.74, 6) is 1.53. The van der Waals surface area contributed by atoms with Crippen molar-refractivity contribution >= 4 is 6.03 Å².